The van der Waals surface area contributed by atoms with E-state index in [-0.39, 0.29) is 35.9 Å². The van der Waals surface area contributed by atoms with Crippen molar-refractivity contribution in [2.24, 2.45) is 0 Å². The summed E-state index contributed by atoms with van der Waals surface area (Å²) in [5.74, 6) is -0.454. The summed E-state index contributed by atoms with van der Waals surface area (Å²) in [5, 5.41) is 15.6. The number of likely N-dealkylation sites (N-methyl/N-ethyl adjacent to an activating group) is 1. The number of aliphatic hydroxyl groups excluding tert-OH is 1. The Labute approximate surface area is 207 Å². The second-order valence-corrected chi connectivity index (χ2v) is 10.3. The molecule has 2 aromatic heterocycles. The van der Waals surface area contributed by atoms with Crippen LogP contribution in [0.3, 0.4) is 0 Å². The van der Waals surface area contributed by atoms with Gasteiger partial charge >= 0.3 is 0 Å². The van der Waals surface area contributed by atoms with Crippen molar-refractivity contribution in [3.8, 4) is 5.75 Å². The molecule has 1 aromatic carbocycles. The fraction of sp³-hybridized carbons (Fsp3) is 0.480. The Bertz CT molecular complexity index is 1360. The number of hydrogen-bond acceptors (Lipinski definition) is 6. The highest BCUT2D eigenvalue weighted by Gasteiger charge is 2.45. The predicted octanol–water partition coefficient (Wildman–Crippen LogP) is 3.27. The zero-order chi connectivity index (χ0) is 24.6. The Hall–Kier alpha value is -2.75. The highest BCUT2D eigenvalue weighted by molar-refractivity contribution is 6.31. The third-order valence-corrected chi connectivity index (χ3v) is 8.35. The van der Waals surface area contributed by atoms with E-state index in [9.17, 15) is 14.3 Å². The number of carbonyl (C=O) groups excluding carboxylic acids is 1. The normalized spacial score (nSPS) is 25.9. The fourth-order valence-corrected chi connectivity index (χ4v) is 5.99. The molecule has 5 heterocycles. The summed E-state index contributed by atoms with van der Waals surface area (Å²) in [6, 6.07) is 4.29. The smallest absolute Gasteiger partial charge is 0.258 e. The van der Waals surface area contributed by atoms with Crippen LogP contribution in [0.15, 0.2) is 18.2 Å². The van der Waals surface area contributed by atoms with Gasteiger partial charge in [-0.15, -0.1) is 0 Å². The average Bonchev–Trinajstić information content (AvgIpc) is 3.41. The van der Waals surface area contributed by atoms with Gasteiger partial charge < -0.3 is 14.7 Å². The Kier molecular flexibility index (Phi) is 5.28. The maximum atomic E-state index is 14.2. The quantitative estimate of drug-likeness (QED) is 0.595. The number of benzene rings is 1. The standard InChI is InChI=1S/C25H27ClFN5O3/c1-12-23(26)13(2)32-24(28-12)18-10-31(11-19(18)29-32)25(34)17-5-4-14(27)6-22(17)35-16-7-15-8-21(33)20(9-16)30(15)3/h4-6,15-16,20-21,33H,7-11H2,1-3H3. The number of rotatable bonds is 3. The topological polar surface area (TPSA) is 83.2 Å². The van der Waals surface area contributed by atoms with Crippen LogP contribution in [0.5, 0.6) is 5.75 Å². The van der Waals surface area contributed by atoms with Gasteiger partial charge in [0.15, 0.2) is 5.65 Å². The number of halogens is 2. The molecule has 1 amide bonds. The van der Waals surface area contributed by atoms with Gasteiger partial charge in [0.1, 0.15) is 17.7 Å². The summed E-state index contributed by atoms with van der Waals surface area (Å²) in [7, 11) is 2.02. The number of ether oxygens (including phenoxy) is 1. The molecule has 2 fully saturated rings. The number of carbonyl (C=O) groups is 1. The van der Waals surface area contributed by atoms with E-state index in [4.69, 9.17) is 16.3 Å². The fourth-order valence-electron chi connectivity index (χ4n) is 5.87. The van der Waals surface area contributed by atoms with Gasteiger partial charge in [0.25, 0.3) is 5.91 Å². The molecule has 4 atom stereocenters. The van der Waals surface area contributed by atoms with Gasteiger partial charge in [-0.05, 0) is 45.9 Å². The van der Waals surface area contributed by atoms with Crippen molar-refractivity contribution in [2.45, 2.75) is 70.5 Å². The molecule has 0 aliphatic carbocycles. The van der Waals surface area contributed by atoms with Crippen molar-refractivity contribution in [3.63, 3.8) is 0 Å². The minimum Gasteiger partial charge on any atom is -0.489 e. The first-order chi connectivity index (χ1) is 16.7. The number of amides is 1. The summed E-state index contributed by atoms with van der Waals surface area (Å²) in [6.45, 7) is 4.43. The van der Waals surface area contributed by atoms with E-state index < -0.39 is 5.82 Å². The lowest BCUT2D eigenvalue weighted by atomic mass is 10.00. The Balaban J connectivity index is 1.26. The molecular weight excluding hydrogens is 473 g/mol. The van der Waals surface area contributed by atoms with E-state index in [1.807, 2.05) is 20.9 Å². The second-order valence-electron chi connectivity index (χ2n) is 9.96. The van der Waals surface area contributed by atoms with Crippen LogP contribution < -0.4 is 4.74 Å². The second kappa shape index (κ2) is 8.15. The SMILES string of the molecule is Cc1nc2c3c(nn2c(C)c1Cl)CN(C(=O)c1ccc(F)cc1OC1CC2CC(O)C(C1)N2C)C3. The molecule has 3 aliphatic heterocycles. The Morgan fingerprint density at radius 1 is 1.23 bits per heavy atom. The lowest BCUT2D eigenvalue weighted by Gasteiger charge is -2.36. The third-order valence-electron chi connectivity index (χ3n) is 7.81. The van der Waals surface area contributed by atoms with Gasteiger partial charge in [0, 0.05) is 30.1 Å². The first-order valence-corrected chi connectivity index (χ1v) is 12.3. The summed E-state index contributed by atoms with van der Waals surface area (Å²) >= 11 is 6.34. The predicted molar refractivity (Wildman–Crippen MR) is 127 cm³/mol. The van der Waals surface area contributed by atoms with E-state index in [2.05, 4.69) is 15.0 Å². The van der Waals surface area contributed by atoms with Crippen molar-refractivity contribution < 1.29 is 19.0 Å². The highest BCUT2D eigenvalue weighted by atomic mass is 35.5. The van der Waals surface area contributed by atoms with Crippen LogP contribution in [0.2, 0.25) is 5.02 Å². The molecule has 0 radical (unpaired) electrons. The monoisotopic (exact) mass is 499 g/mol. The minimum atomic E-state index is -0.457. The first kappa shape index (κ1) is 22.7. The van der Waals surface area contributed by atoms with Crippen LogP contribution in [0, 0.1) is 19.7 Å². The first-order valence-electron chi connectivity index (χ1n) is 11.9. The average molecular weight is 500 g/mol. The lowest BCUT2D eigenvalue weighted by Crippen LogP contribution is -2.46. The molecule has 0 saturated carbocycles. The number of piperidine rings is 1. The number of aryl methyl sites for hydroxylation is 2. The largest absolute Gasteiger partial charge is 0.489 e. The molecule has 0 spiro atoms. The molecule has 1 N–H and O–H groups in total. The van der Waals surface area contributed by atoms with Crippen molar-refractivity contribution >= 4 is 23.2 Å². The molecule has 8 nitrogen and oxygen atoms in total. The van der Waals surface area contributed by atoms with Gasteiger partial charge in [-0.3, -0.25) is 9.69 Å². The molecule has 35 heavy (non-hydrogen) atoms. The number of fused-ring (bicyclic) bond motifs is 5. The van der Waals surface area contributed by atoms with Crippen molar-refractivity contribution in [3.05, 3.63) is 57.2 Å². The zero-order valence-electron chi connectivity index (χ0n) is 19.8. The number of aliphatic hydroxyl groups is 1. The summed E-state index contributed by atoms with van der Waals surface area (Å²) in [6.07, 6.45) is 1.50. The van der Waals surface area contributed by atoms with Crippen LogP contribution >= 0.6 is 11.6 Å². The van der Waals surface area contributed by atoms with Gasteiger partial charge in [0.2, 0.25) is 0 Å². The van der Waals surface area contributed by atoms with Crippen LogP contribution in [-0.2, 0) is 13.1 Å². The van der Waals surface area contributed by atoms with E-state index in [1.165, 1.54) is 18.2 Å². The molecule has 6 rings (SSSR count). The Morgan fingerprint density at radius 2 is 2.03 bits per heavy atom. The van der Waals surface area contributed by atoms with Gasteiger partial charge in [-0.1, -0.05) is 11.6 Å². The molecule has 4 unspecified atom stereocenters. The Morgan fingerprint density at radius 3 is 2.80 bits per heavy atom. The van der Waals surface area contributed by atoms with Crippen LogP contribution in [0.4, 0.5) is 4.39 Å². The van der Waals surface area contributed by atoms with E-state index >= 15 is 0 Å². The van der Waals surface area contributed by atoms with Crippen LogP contribution in [0.25, 0.3) is 5.65 Å². The lowest BCUT2D eigenvalue weighted by molar-refractivity contribution is 0.0392. The van der Waals surface area contributed by atoms with Gasteiger partial charge in [-0.2, -0.15) is 5.10 Å². The molecular formula is C25H27ClFN5O3. The van der Waals surface area contributed by atoms with Crippen molar-refractivity contribution in [2.75, 3.05) is 7.05 Å². The molecule has 2 saturated heterocycles. The third kappa shape index (κ3) is 3.59. The number of aromatic nitrogens is 3. The zero-order valence-corrected chi connectivity index (χ0v) is 20.6. The number of nitrogens with zero attached hydrogens (tertiary/aromatic N) is 5. The maximum Gasteiger partial charge on any atom is 0.258 e. The molecule has 10 heteroatoms. The molecule has 184 valence electrons. The summed E-state index contributed by atoms with van der Waals surface area (Å²) in [4.78, 5) is 22.0. The molecule has 2 bridgehead atoms. The van der Waals surface area contributed by atoms with E-state index in [1.54, 1.807) is 9.42 Å². The summed E-state index contributed by atoms with van der Waals surface area (Å²) in [5.41, 5.74) is 4.23. The maximum absolute atomic E-state index is 14.2. The van der Waals surface area contributed by atoms with Crippen molar-refractivity contribution in [1.29, 1.82) is 0 Å². The molecule has 3 aliphatic rings. The van der Waals surface area contributed by atoms with Crippen LogP contribution in [-0.4, -0.2) is 66.8 Å². The minimum absolute atomic E-state index is 0.0179. The van der Waals surface area contributed by atoms with Gasteiger partial charge in [0.05, 0.1) is 46.9 Å². The molecule has 3 aromatic rings. The van der Waals surface area contributed by atoms with Crippen molar-refractivity contribution in [1.82, 2.24) is 24.4 Å². The van der Waals surface area contributed by atoms with E-state index in [0.29, 0.717) is 42.2 Å². The number of hydrogen-bond donors (Lipinski definition) is 1. The van der Waals surface area contributed by atoms with Crippen LogP contribution in [0.1, 0.15) is 52.3 Å². The van der Waals surface area contributed by atoms with Gasteiger partial charge in [-0.25, -0.2) is 13.9 Å². The van der Waals surface area contributed by atoms with E-state index in [0.717, 1.165) is 29.1 Å². The summed E-state index contributed by atoms with van der Waals surface area (Å²) < 4.78 is 22.2. The highest BCUT2D eigenvalue weighted by Crippen LogP contribution is 2.38.